The lowest BCUT2D eigenvalue weighted by Gasteiger charge is -2.21. The smallest absolute Gasteiger partial charge is 0.178 e. The molecular weight excluding hydrogens is 364 g/mol. The minimum atomic E-state index is 0.696. The third-order valence-corrected chi connectivity index (χ3v) is 5.11. The molecule has 0 saturated carbocycles. The average molecular weight is 388 g/mol. The first kappa shape index (κ1) is 19.1. The van der Waals surface area contributed by atoms with Gasteiger partial charge in [-0.05, 0) is 67.6 Å². The van der Waals surface area contributed by atoms with Crippen molar-refractivity contribution < 1.29 is 9.47 Å². The van der Waals surface area contributed by atoms with E-state index in [1.165, 1.54) is 0 Å². The van der Waals surface area contributed by atoms with Crippen LogP contribution in [0.4, 0.5) is 0 Å². The quantitative estimate of drug-likeness (QED) is 0.660. The number of nitrogens with zero attached hydrogens (tertiary/aromatic N) is 4. The summed E-state index contributed by atoms with van der Waals surface area (Å²) in [5.41, 5.74) is 4.62. The highest BCUT2D eigenvalue weighted by atomic mass is 16.5. The van der Waals surface area contributed by atoms with Gasteiger partial charge in [0.1, 0.15) is 22.9 Å². The monoisotopic (exact) mass is 388 g/mol. The topological polar surface area (TPSA) is 60.4 Å². The molecule has 0 bridgehead atoms. The second-order valence-corrected chi connectivity index (χ2v) is 7.03. The molecule has 1 aliphatic heterocycles. The molecule has 1 aromatic heterocycles. The van der Waals surface area contributed by atoms with Crippen LogP contribution < -0.4 is 9.47 Å². The molecule has 0 fully saturated rings. The fourth-order valence-corrected chi connectivity index (χ4v) is 3.33. The van der Waals surface area contributed by atoms with Gasteiger partial charge in [-0.15, -0.1) is 10.2 Å². The molecule has 3 aromatic rings. The number of hydrogen-bond donors (Lipinski definition) is 0. The summed E-state index contributed by atoms with van der Waals surface area (Å²) in [5, 5.41) is 9.04. The standard InChI is InChI=1S/C23H24N4O2/c1-27-14-12-18(13-15-27)23-24-21(16-4-8-19(28-2)9-5-16)22(25-26-23)17-6-10-20(29-3)11-7-17/h4-12H,13-15H2,1-3H3. The van der Waals surface area contributed by atoms with Crippen LogP contribution in [0.15, 0.2) is 54.6 Å². The molecule has 2 aromatic carbocycles. The Morgan fingerprint density at radius 3 is 1.90 bits per heavy atom. The van der Waals surface area contributed by atoms with Gasteiger partial charge in [-0.2, -0.15) is 0 Å². The van der Waals surface area contributed by atoms with E-state index in [2.05, 4.69) is 28.2 Å². The maximum Gasteiger partial charge on any atom is 0.178 e. The number of aromatic nitrogens is 3. The van der Waals surface area contributed by atoms with Crippen LogP contribution >= 0.6 is 0 Å². The van der Waals surface area contributed by atoms with Gasteiger partial charge >= 0.3 is 0 Å². The molecule has 6 nitrogen and oxygen atoms in total. The largest absolute Gasteiger partial charge is 0.497 e. The summed E-state index contributed by atoms with van der Waals surface area (Å²) in [6.07, 6.45) is 3.10. The molecule has 0 amide bonds. The van der Waals surface area contributed by atoms with E-state index in [1.807, 2.05) is 48.5 Å². The van der Waals surface area contributed by atoms with Crippen LogP contribution in [0.3, 0.4) is 0 Å². The van der Waals surface area contributed by atoms with Gasteiger partial charge in [0, 0.05) is 24.2 Å². The van der Waals surface area contributed by atoms with Crippen molar-refractivity contribution in [2.45, 2.75) is 6.42 Å². The number of likely N-dealkylation sites (N-methyl/N-ethyl adjacent to an activating group) is 1. The maximum absolute atomic E-state index is 5.30. The highest BCUT2D eigenvalue weighted by molar-refractivity contribution is 5.79. The van der Waals surface area contributed by atoms with E-state index >= 15 is 0 Å². The number of hydrogen-bond acceptors (Lipinski definition) is 6. The Balaban J connectivity index is 1.80. The van der Waals surface area contributed by atoms with E-state index in [4.69, 9.17) is 14.5 Å². The number of benzene rings is 2. The van der Waals surface area contributed by atoms with Gasteiger partial charge in [-0.3, -0.25) is 0 Å². The van der Waals surface area contributed by atoms with E-state index in [9.17, 15) is 0 Å². The van der Waals surface area contributed by atoms with Crippen LogP contribution in [0.1, 0.15) is 12.2 Å². The molecule has 0 saturated heterocycles. The summed E-state index contributed by atoms with van der Waals surface area (Å²) < 4.78 is 10.6. The summed E-state index contributed by atoms with van der Waals surface area (Å²) in [6, 6.07) is 15.7. The number of ether oxygens (including phenoxy) is 2. The van der Waals surface area contributed by atoms with Crippen LogP contribution in [0.25, 0.3) is 28.1 Å². The fraction of sp³-hybridized carbons (Fsp3) is 0.261. The van der Waals surface area contributed by atoms with Crippen molar-refractivity contribution in [3.8, 4) is 34.0 Å². The predicted molar refractivity (Wildman–Crippen MR) is 114 cm³/mol. The first-order chi connectivity index (χ1) is 14.2. The molecule has 29 heavy (non-hydrogen) atoms. The molecule has 0 atom stereocenters. The van der Waals surface area contributed by atoms with Crippen LogP contribution in [0.5, 0.6) is 11.5 Å². The van der Waals surface area contributed by atoms with E-state index in [1.54, 1.807) is 14.2 Å². The lowest BCUT2D eigenvalue weighted by atomic mass is 10.0. The molecule has 0 unspecified atom stereocenters. The van der Waals surface area contributed by atoms with Gasteiger partial charge in [0.05, 0.1) is 14.2 Å². The minimum Gasteiger partial charge on any atom is -0.497 e. The van der Waals surface area contributed by atoms with Gasteiger partial charge < -0.3 is 14.4 Å². The SMILES string of the molecule is COc1ccc(-c2nnc(C3=CCN(C)CC3)nc2-c2ccc(OC)cc2)cc1. The highest BCUT2D eigenvalue weighted by Crippen LogP contribution is 2.32. The summed E-state index contributed by atoms with van der Waals surface area (Å²) >= 11 is 0. The van der Waals surface area contributed by atoms with Crippen LogP contribution in [-0.2, 0) is 0 Å². The Bertz CT molecular complexity index is 1010. The van der Waals surface area contributed by atoms with E-state index in [-0.39, 0.29) is 0 Å². The molecule has 0 aliphatic carbocycles. The molecule has 1 aliphatic rings. The van der Waals surface area contributed by atoms with Crippen LogP contribution in [0, 0.1) is 0 Å². The van der Waals surface area contributed by atoms with Crippen LogP contribution in [-0.4, -0.2) is 54.4 Å². The Kier molecular flexibility index (Phi) is 5.53. The second-order valence-electron chi connectivity index (χ2n) is 7.03. The van der Waals surface area contributed by atoms with Crippen molar-refractivity contribution in [3.63, 3.8) is 0 Å². The maximum atomic E-state index is 5.30. The number of rotatable bonds is 5. The van der Waals surface area contributed by atoms with Gasteiger partial charge in [0.2, 0.25) is 0 Å². The van der Waals surface area contributed by atoms with Crippen molar-refractivity contribution in [1.82, 2.24) is 20.1 Å². The third-order valence-electron chi connectivity index (χ3n) is 5.11. The van der Waals surface area contributed by atoms with E-state index < -0.39 is 0 Å². The molecule has 0 radical (unpaired) electrons. The molecule has 2 heterocycles. The highest BCUT2D eigenvalue weighted by Gasteiger charge is 2.18. The molecule has 0 spiro atoms. The second kappa shape index (κ2) is 8.41. The number of methoxy groups -OCH3 is 2. The predicted octanol–water partition coefficient (Wildman–Crippen LogP) is 3.94. The molecule has 148 valence electrons. The first-order valence-corrected chi connectivity index (χ1v) is 9.59. The zero-order valence-corrected chi connectivity index (χ0v) is 16.9. The van der Waals surface area contributed by atoms with Gasteiger partial charge in [0.15, 0.2) is 5.82 Å². The van der Waals surface area contributed by atoms with Crippen molar-refractivity contribution in [3.05, 3.63) is 60.4 Å². The molecular formula is C23H24N4O2. The Hall–Kier alpha value is -3.25. The summed E-state index contributed by atoms with van der Waals surface area (Å²) in [7, 11) is 5.43. The zero-order chi connectivity index (χ0) is 20.2. The molecule has 6 heteroatoms. The zero-order valence-electron chi connectivity index (χ0n) is 16.9. The normalized spacial score (nSPS) is 14.4. The fourth-order valence-electron chi connectivity index (χ4n) is 3.33. The van der Waals surface area contributed by atoms with Gasteiger partial charge in [0.25, 0.3) is 0 Å². The first-order valence-electron chi connectivity index (χ1n) is 9.59. The van der Waals surface area contributed by atoms with Crippen LogP contribution in [0.2, 0.25) is 0 Å². The van der Waals surface area contributed by atoms with Crippen molar-refractivity contribution in [2.24, 2.45) is 0 Å². The van der Waals surface area contributed by atoms with Crippen molar-refractivity contribution >= 4 is 5.57 Å². The van der Waals surface area contributed by atoms with Crippen molar-refractivity contribution in [2.75, 3.05) is 34.4 Å². The Labute approximate surface area is 170 Å². The summed E-state index contributed by atoms with van der Waals surface area (Å²) in [6.45, 7) is 1.89. The molecule has 4 rings (SSSR count). The van der Waals surface area contributed by atoms with Crippen molar-refractivity contribution in [1.29, 1.82) is 0 Å². The Morgan fingerprint density at radius 1 is 0.793 bits per heavy atom. The summed E-state index contributed by atoms with van der Waals surface area (Å²) in [5.74, 6) is 2.30. The lowest BCUT2D eigenvalue weighted by molar-refractivity contribution is 0.369. The summed E-state index contributed by atoms with van der Waals surface area (Å²) in [4.78, 5) is 7.20. The lowest BCUT2D eigenvalue weighted by Crippen LogP contribution is -2.24. The third kappa shape index (κ3) is 4.12. The van der Waals surface area contributed by atoms with E-state index in [0.29, 0.717) is 5.82 Å². The van der Waals surface area contributed by atoms with Gasteiger partial charge in [-0.25, -0.2) is 4.98 Å². The van der Waals surface area contributed by atoms with Gasteiger partial charge in [-0.1, -0.05) is 6.08 Å². The molecule has 0 N–H and O–H groups in total. The van der Waals surface area contributed by atoms with E-state index in [0.717, 1.165) is 59.1 Å². The Morgan fingerprint density at radius 2 is 1.38 bits per heavy atom. The minimum absolute atomic E-state index is 0.696. The average Bonchev–Trinajstić information content (AvgIpc) is 2.79.